The van der Waals surface area contributed by atoms with Crippen molar-refractivity contribution in [2.24, 2.45) is 0 Å². The largest absolute Gasteiger partial charge is 0.383 e. The molecule has 0 aliphatic rings. The number of aryl methyl sites for hydroxylation is 1. The van der Waals surface area contributed by atoms with E-state index < -0.39 is 0 Å². The normalized spacial score (nSPS) is 11.9. The fraction of sp³-hybridized carbons (Fsp3) is 0.467. The molecule has 0 aliphatic heterocycles. The van der Waals surface area contributed by atoms with Gasteiger partial charge in [-0.25, -0.2) is 0 Å². The van der Waals surface area contributed by atoms with Crippen LogP contribution in [0.2, 0.25) is 5.02 Å². The molecule has 0 saturated heterocycles. The van der Waals surface area contributed by atoms with E-state index in [-0.39, 0.29) is 0 Å². The summed E-state index contributed by atoms with van der Waals surface area (Å²) in [5.74, 6) is 0. The Morgan fingerprint density at radius 2 is 2.17 bits per heavy atom. The standard InChI is InChI=1S/C15H22ClNO/c1-12(5-4-8-17-9-10-18-3)14-7-6-13(2)15(16)11-14/h5-7,11,17H,4,8-10H2,1-3H3/b12-5-. The van der Waals surface area contributed by atoms with Gasteiger partial charge in [0.2, 0.25) is 0 Å². The molecule has 0 fully saturated rings. The van der Waals surface area contributed by atoms with Gasteiger partial charge in [0.15, 0.2) is 0 Å². The summed E-state index contributed by atoms with van der Waals surface area (Å²) >= 11 is 6.12. The minimum Gasteiger partial charge on any atom is -0.383 e. The summed E-state index contributed by atoms with van der Waals surface area (Å²) in [7, 11) is 1.72. The second-order valence-electron chi connectivity index (χ2n) is 4.38. The first kappa shape index (κ1) is 15.2. The van der Waals surface area contributed by atoms with Crippen LogP contribution < -0.4 is 5.32 Å². The molecule has 0 saturated carbocycles. The van der Waals surface area contributed by atoms with Gasteiger partial charge in [0.1, 0.15) is 0 Å². The van der Waals surface area contributed by atoms with E-state index in [2.05, 4.69) is 30.4 Å². The van der Waals surface area contributed by atoms with Gasteiger partial charge in [-0.2, -0.15) is 0 Å². The molecule has 1 N–H and O–H groups in total. The lowest BCUT2D eigenvalue weighted by Crippen LogP contribution is -2.19. The molecule has 0 radical (unpaired) electrons. The first-order valence-corrected chi connectivity index (χ1v) is 6.66. The maximum absolute atomic E-state index is 6.12. The third-order valence-corrected chi connectivity index (χ3v) is 3.29. The molecule has 0 unspecified atom stereocenters. The van der Waals surface area contributed by atoms with Gasteiger partial charge in [0, 0.05) is 18.7 Å². The summed E-state index contributed by atoms with van der Waals surface area (Å²) in [5.41, 5.74) is 3.59. The Bertz CT molecular complexity index is 401. The van der Waals surface area contributed by atoms with Gasteiger partial charge in [-0.05, 0) is 49.6 Å². The fourth-order valence-corrected chi connectivity index (χ4v) is 1.83. The fourth-order valence-electron chi connectivity index (χ4n) is 1.65. The highest BCUT2D eigenvalue weighted by atomic mass is 35.5. The molecule has 0 heterocycles. The molecule has 0 spiro atoms. The van der Waals surface area contributed by atoms with Crippen LogP contribution >= 0.6 is 11.6 Å². The van der Waals surface area contributed by atoms with Crippen molar-refractivity contribution in [2.75, 3.05) is 26.8 Å². The molecular formula is C15H22ClNO. The van der Waals surface area contributed by atoms with Crippen LogP contribution in [0.25, 0.3) is 5.57 Å². The lowest BCUT2D eigenvalue weighted by Gasteiger charge is -2.05. The number of hydrogen-bond acceptors (Lipinski definition) is 2. The second kappa shape index (κ2) is 8.30. The minimum atomic E-state index is 0.760. The number of benzene rings is 1. The maximum Gasteiger partial charge on any atom is 0.0587 e. The minimum absolute atomic E-state index is 0.760. The predicted octanol–water partition coefficient (Wildman–Crippen LogP) is 3.68. The lowest BCUT2D eigenvalue weighted by molar-refractivity contribution is 0.199. The van der Waals surface area contributed by atoms with Gasteiger partial charge in [0.25, 0.3) is 0 Å². The zero-order valence-electron chi connectivity index (χ0n) is 11.4. The Labute approximate surface area is 115 Å². The molecule has 0 amide bonds. The Morgan fingerprint density at radius 1 is 1.39 bits per heavy atom. The van der Waals surface area contributed by atoms with Crippen molar-refractivity contribution >= 4 is 17.2 Å². The molecule has 0 atom stereocenters. The van der Waals surface area contributed by atoms with Crippen LogP contribution in [0.15, 0.2) is 24.3 Å². The van der Waals surface area contributed by atoms with Gasteiger partial charge in [-0.3, -0.25) is 0 Å². The van der Waals surface area contributed by atoms with Crippen molar-refractivity contribution in [2.45, 2.75) is 20.3 Å². The van der Waals surface area contributed by atoms with Crippen molar-refractivity contribution in [3.8, 4) is 0 Å². The lowest BCUT2D eigenvalue weighted by atomic mass is 10.0. The Hall–Kier alpha value is -0.830. The third kappa shape index (κ3) is 5.21. The molecule has 100 valence electrons. The Morgan fingerprint density at radius 3 is 2.83 bits per heavy atom. The highest BCUT2D eigenvalue weighted by Crippen LogP contribution is 2.21. The molecule has 1 aromatic carbocycles. The summed E-state index contributed by atoms with van der Waals surface area (Å²) in [6.45, 7) is 6.78. The van der Waals surface area contributed by atoms with Crippen molar-refractivity contribution in [1.82, 2.24) is 5.32 Å². The zero-order chi connectivity index (χ0) is 13.4. The van der Waals surface area contributed by atoms with Crippen LogP contribution in [-0.2, 0) is 4.74 Å². The van der Waals surface area contributed by atoms with Crippen LogP contribution in [0.5, 0.6) is 0 Å². The van der Waals surface area contributed by atoms with Gasteiger partial charge in [-0.15, -0.1) is 0 Å². The molecule has 1 aromatic rings. The number of halogens is 1. The smallest absolute Gasteiger partial charge is 0.0587 e. The summed E-state index contributed by atoms with van der Waals surface area (Å²) in [6, 6.07) is 6.21. The van der Waals surface area contributed by atoms with Crippen molar-refractivity contribution in [3.05, 3.63) is 40.4 Å². The molecule has 0 bridgehead atoms. The zero-order valence-corrected chi connectivity index (χ0v) is 12.2. The average molecular weight is 268 g/mol. The summed E-state index contributed by atoms with van der Waals surface area (Å²) in [6.07, 6.45) is 3.25. The molecule has 1 rings (SSSR count). The monoisotopic (exact) mass is 267 g/mol. The molecular weight excluding hydrogens is 246 g/mol. The van der Waals surface area contributed by atoms with Crippen LogP contribution in [0.3, 0.4) is 0 Å². The van der Waals surface area contributed by atoms with E-state index in [4.69, 9.17) is 16.3 Å². The predicted molar refractivity (Wildman–Crippen MR) is 79.2 cm³/mol. The van der Waals surface area contributed by atoms with Crippen LogP contribution in [-0.4, -0.2) is 26.8 Å². The van der Waals surface area contributed by atoms with Crippen LogP contribution in [0, 0.1) is 6.92 Å². The Kier molecular flexibility index (Phi) is 7.02. The van der Waals surface area contributed by atoms with E-state index in [0.717, 1.165) is 36.7 Å². The number of rotatable bonds is 7. The maximum atomic E-state index is 6.12. The highest BCUT2D eigenvalue weighted by Gasteiger charge is 1.99. The molecule has 2 nitrogen and oxygen atoms in total. The van der Waals surface area contributed by atoms with Crippen LogP contribution in [0.4, 0.5) is 0 Å². The number of hydrogen-bond donors (Lipinski definition) is 1. The number of ether oxygens (including phenoxy) is 1. The highest BCUT2D eigenvalue weighted by molar-refractivity contribution is 6.31. The molecule has 0 aliphatic carbocycles. The van der Waals surface area contributed by atoms with E-state index in [1.807, 2.05) is 13.0 Å². The first-order valence-electron chi connectivity index (χ1n) is 6.28. The third-order valence-electron chi connectivity index (χ3n) is 2.88. The first-order chi connectivity index (χ1) is 8.65. The second-order valence-corrected chi connectivity index (χ2v) is 4.79. The van der Waals surface area contributed by atoms with E-state index >= 15 is 0 Å². The average Bonchev–Trinajstić information content (AvgIpc) is 2.36. The Balaban J connectivity index is 2.43. The topological polar surface area (TPSA) is 21.3 Å². The van der Waals surface area contributed by atoms with Gasteiger partial charge in [-0.1, -0.05) is 29.8 Å². The van der Waals surface area contributed by atoms with Crippen molar-refractivity contribution in [1.29, 1.82) is 0 Å². The van der Waals surface area contributed by atoms with Crippen molar-refractivity contribution < 1.29 is 4.74 Å². The molecule has 3 heteroatoms. The quantitative estimate of drug-likeness (QED) is 0.761. The van der Waals surface area contributed by atoms with Gasteiger partial charge in [0.05, 0.1) is 6.61 Å². The number of nitrogens with one attached hydrogen (secondary N) is 1. The van der Waals surface area contributed by atoms with Crippen LogP contribution in [0.1, 0.15) is 24.5 Å². The van der Waals surface area contributed by atoms with E-state index in [0.29, 0.717) is 0 Å². The summed E-state index contributed by atoms with van der Waals surface area (Å²) < 4.78 is 4.97. The molecule has 18 heavy (non-hydrogen) atoms. The number of allylic oxidation sites excluding steroid dienone is 1. The van der Waals surface area contributed by atoms with Crippen molar-refractivity contribution in [3.63, 3.8) is 0 Å². The summed E-state index contributed by atoms with van der Waals surface area (Å²) in [5, 5.41) is 4.15. The number of methoxy groups -OCH3 is 1. The van der Waals surface area contributed by atoms with E-state index in [1.165, 1.54) is 11.1 Å². The van der Waals surface area contributed by atoms with Gasteiger partial charge < -0.3 is 10.1 Å². The molecule has 0 aromatic heterocycles. The SMILES string of the molecule is COCCNCC/C=C(/C)c1ccc(C)c(Cl)c1. The summed E-state index contributed by atoms with van der Waals surface area (Å²) in [4.78, 5) is 0. The van der Waals surface area contributed by atoms with Gasteiger partial charge >= 0.3 is 0 Å². The van der Waals surface area contributed by atoms with E-state index in [9.17, 15) is 0 Å². The van der Waals surface area contributed by atoms with E-state index in [1.54, 1.807) is 7.11 Å².